The van der Waals surface area contributed by atoms with Crippen molar-refractivity contribution in [3.8, 4) is 5.69 Å². The number of nitrogens with zero attached hydrogens (tertiary/aromatic N) is 3. The molecule has 0 bridgehead atoms. The van der Waals surface area contributed by atoms with Crippen LogP contribution in [0.1, 0.15) is 21.6 Å². The second-order valence-electron chi connectivity index (χ2n) is 6.87. The Bertz CT molecular complexity index is 1240. The van der Waals surface area contributed by atoms with E-state index in [-0.39, 0.29) is 22.7 Å². The van der Waals surface area contributed by atoms with Gasteiger partial charge in [0.1, 0.15) is 0 Å². The second kappa shape index (κ2) is 8.93. The maximum atomic E-state index is 13.8. The van der Waals surface area contributed by atoms with E-state index in [2.05, 4.69) is 10.4 Å². The molecule has 0 radical (unpaired) electrons. The van der Waals surface area contributed by atoms with Gasteiger partial charge in [-0.25, -0.2) is 17.4 Å². The van der Waals surface area contributed by atoms with Crippen molar-refractivity contribution in [2.45, 2.75) is 17.6 Å². The Hall–Kier alpha value is -2.89. The molecule has 0 fully saturated rings. The number of alkyl halides is 3. The molecule has 0 atom stereocenters. The zero-order valence-corrected chi connectivity index (χ0v) is 18.5. The summed E-state index contributed by atoms with van der Waals surface area (Å²) >= 11 is 5.79. The van der Waals surface area contributed by atoms with Crippen molar-refractivity contribution >= 4 is 27.5 Å². The van der Waals surface area contributed by atoms with E-state index in [9.17, 15) is 26.4 Å². The Morgan fingerprint density at radius 3 is 2.34 bits per heavy atom. The van der Waals surface area contributed by atoms with Crippen LogP contribution in [0.25, 0.3) is 5.69 Å². The molecule has 32 heavy (non-hydrogen) atoms. The van der Waals surface area contributed by atoms with Crippen LogP contribution < -0.4 is 5.32 Å². The van der Waals surface area contributed by atoms with Crippen molar-refractivity contribution in [1.29, 1.82) is 0 Å². The fourth-order valence-electron chi connectivity index (χ4n) is 2.93. The highest BCUT2D eigenvalue weighted by Gasteiger charge is 2.40. The van der Waals surface area contributed by atoms with Gasteiger partial charge < -0.3 is 5.32 Å². The summed E-state index contributed by atoms with van der Waals surface area (Å²) in [5.41, 5.74) is -1.65. The first-order chi connectivity index (χ1) is 14.9. The second-order valence-corrected chi connectivity index (χ2v) is 9.43. The number of rotatable bonds is 6. The molecule has 1 amide bonds. The molecule has 12 heteroatoms. The van der Waals surface area contributed by atoms with Gasteiger partial charge in [-0.05, 0) is 35.9 Å². The standard InChI is InChI=1S/C20H18ClF3N4O3S/c1-27(2)32(30,31)17-6-4-3-5-13(17)11-25-19(29)16-12-26-28(18(16)20(22,23)24)15-9-7-14(21)8-10-15/h3-10,12H,11H2,1-2H3,(H,25,29). The number of sulfonamides is 1. The summed E-state index contributed by atoms with van der Waals surface area (Å²) in [6, 6.07) is 11.4. The fraction of sp³-hybridized carbons (Fsp3) is 0.200. The minimum absolute atomic E-state index is 0.0572. The maximum Gasteiger partial charge on any atom is 0.434 e. The summed E-state index contributed by atoms with van der Waals surface area (Å²) in [5, 5.41) is 6.42. The van der Waals surface area contributed by atoms with Crippen LogP contribution in [0.15, 0.2) is 59.6 Å². The quantitative estimate of drug-likeness (QED) is 0.575. The molecule has 0 saturated carbocycles. The first kappa shape index (κ1) is 23.8. The summed E-state index contributed by atoms with van der Waals surface area (Å²) in [6.07, 6.45) is -4.07. The van der Waals surface area contributed by atoms with Crippen LogP contribution in [0.5, 0.6) is 0 Å². The van der Waals surface area contributed by atoms with Crippen LogP contribution in [0.2, 0.25) is 5.02 Å². The van der Waals surface area contributed by atoms with Crippen LogP contribution in [-0.4, -0.2) is 42.5 Å². The highest BCUT2D eigenvalue weighted by Crippen LogP contribution is 2.34. The summed E-state index contributed by atoms with van der Waals surface area (Å²) in [4.78, 5) is 12.6. The number of aromatic nitrogens is 2. The number of hydrogen-bond acceptors (Lipinski definition) is 4. The molecule has 3 aromatic rings. The average molecular weight is 487 g/mol. The highest BCUT2D eigenvalue weighted by molar-refractivity contribution is 7.89. The SMILES string of the molecule is CN(C)S(=O)(=O)c1ccccc1CNC(=O)c1cnn(-c2ccc(Cl)cc2)c1C(F)(F)F. The van der Waals surface area contributed by atoms with Crippen molar-refractivity contribution in [2.24, 2.45) is 0 Å². The number of carbonyl (C=O) groups excluding carboxylic acids is 1. The fourth-order valence-corrected chi connectivity index (χ4v) is 4.18. The van der Waals surface area contributed by atoms with Crippen LogP contribution >= 0.6 is 11.6 Å². The maximum absolute atomic E-state index is 13.8. The third-order valence-electron chi connectivity index (χ3n) is 4.52. The van der Waals surface area contributed by atoms with E-state index >= 15 is 0 Å². The van der Waals surface area contributed by atoms with E-state index in [1.807, 2.05) is 0 Å². The molecular weight excluding hydrogens is 469 g/mol. The number of carbonyl (C=O) groups is 1. The number of hydrogen-bond donors (Lipinski definition) is 1. The van der Waals surface area contributed by atoms with Gasteiger partial charge >= 0.3 is 6.18 Å². The molecule has 0 aliphatic carbocycles. The van der Waals surface area contributed by atoms with Gasteiger partial charge in [-0.3, -0.25) is 4.79 Å². The Balaban J connectivity index is 1.93. The van der Waals surface area contributed by atoms with Gasteiger partial charge in [-0.1, -0.05) is 29.8 Å². The predicted octanol–water partition coefficient (Wildman–Crippen LogP) is 3.72. The molecular formula is C20H18ClF3N4O3S. The van der Waals surface area contributed by atoms with Crippen molar-refractivity contribution < 1.29 is 26.4 Å². The normalized spacial score (nSPS) is 12.2. The summed E-state index contributed by atoms with van der Waals surface area (Å²) in [5.74, 6) is -1.05. The molecule has 2 aromatic carbocycles. The lowest BCUT2D eigenvalue weighted by Gasteiger charge is -2.16. The zero-order valence-electron chi connectivity index (χ0n) is 16.9. The molecule has 0 aliphatic heterocycles. The summed E-state index contributed by atoms with van der Waals surface area (Å²) in [7, 11) is -1.11. The van der Waals surface area contributed by atoms with Crippen molar-refractivity contribution in [3.05, 3.63) is 76.6 Å². The molecule has 3 rings (SSSR count). The Labute approximate surface area is 187 Å². The highest BCUT2D eigenvalue weighted by atomic mass is 35.5. The number of halogens is 4. The molecule has 0 aliphatic rings. The van der Waals surface area contributed by atoms with Gasteiger partial charge in [-0.15, -0.1) is 0 Å². The Morgan fingerprint density at radius 2 is 1.75 bits per heavy atom. The monoisotopic (exact) mass is 486 g/mol. The van der Waals surface area contributed by atoms with Gasteiger partial charge in [0.25, 0.3) is 5.91 Å². The van der Waals surface area contributed by atoms with Gasteiger partial charge in [-0.2, -0.15) is 18.3 Å². The molecule has 1 N–H and O–H groups in total. The lowest BCUT2D eigenvalue weighted by molar-refractivity contribution is -0.143. The molecule has 170 valence electrons. The van der Waals surface area contributed by atoms with Crippen molar-refractivity contribution in [3.63, 3.8) is 0 Å². The predicted molar refractivity (Wildman–Crippen MR) is 112 cm³/mol. The molecule has 0 spiro atoms. The summed E-state index contributed by atoms with van der Waals surface area (Å²) in [6.45, 7) is -0.300. The van der Waals surface area contributed by atoms with Crippen LogP contribution in [0.4, 0.5) is 13.2 Å². The lowest BCUT2D eigenvalue weighted by Crippen LogP contribution is -2.28. The lowest BCUT2D eigenvalue weighted by atomic mass is 10.2. The largest absolute Gasteiger partial charge is 0.434 e. The van der Waals surface area contributed by atoms with Gasteiger partial charge in [0.2, 0.25) is 10.0 Å². The van der Waals surface area contributed by atoms with Crippen LogP contribution in [0, 0.1) is 0 Å². The van der Waals surface area contributed by atoms with E-state index in [0.717, 1.165) is 10.5 Å². The molecule has 0 saturated heterocycles. The van der Waals surface area contributed by atoms with Gasteiger partial charge in [0, 0.05) is 25.7 Å². The van der Waals surface area contributed by atoms with Gasteiger partial charge in [0.05, 0.1) is 22.3 Å². The zero-order chi connectivity index (χ0) is 23.7. The van der Waals surface area contributed by atoms with E-state index in [0.29, 0.717) is 9.70 Å². The van der Waals surface area contributed by atoms with Crippen LogP contribution in [-0.2, 0) is 22.7 Å². The minimum Gasteiger partial charge on any atom is -0.348 e. The Morgan fingerprint density at radius 1 is 1.12 bits per heavy atom. The van der Waals surface area contributed by atoms with E-state index < -0.39 is 33.4 Å². The summed E-state index contributed by atoms with van der Waals surface area (Å²) < 4.78 is 67.9. The third-order valence-corrected chi connectivity index (χ3v) is 6.69. The van der Waals surface area contributed by atoms with Crippen molar-refractivity contribution in [1.82, 2.24) is 19.4 Å². The number of nitrogens with one attached hydrogen (secondary N) is 1. The first-order valence-corrected chi connectivity index (χ1v) is 10.9. The smallest absolute Gasteiger partial charge is 0.348 e. The molecule has 0 unspecified atom stereocenters. The van der Waals surface area contributed by atoms with Gasteiger partial charge in [0.15, 0.2) is 5.69 Å². The minimum atomic E-state index is -4.88. The molecule has 1 aromatic heterocycles. The number of amides is 1. The third kappa shape index (κ3) is 4.79. The van der Waals surface area contributed by atoms with Crippen LogP contribution in [0.3, 0.4) is 0 Å². The van der Waals surface area contributed by atoms with Crippen molar-refractivity contribution in [2.75, 3.05) is 14.1 Å². The topological polar surface area (TPSA) is 84.3 Å². The number of benzene rings is 2. The first-order valence-electron chi connectivity index (χ1n) is 9.12. The molecule has 7 nitrogen and oxygen atoms in total. The average Bonchev–Trinajstić information content (AvgIpc) is 3.18. The van der Waals surface area contributed by atoms with E-state index in [4.69, 9.17) is 11.6 Å². The molecule has 1 heterocycles. The Kier molecular flexibility index (Phi) is 6.63. The van der Waals surface area contributed by atoms with E-state index in [1.165, 1.54) is 56.6 Å². The van der Waals surface area contributed by atoms with E-state index in [1.54, 1.807) is 6.07 Å².